The highest BCUT2D eigenvalue weighted by atomic mass is 19.1. The van der Waals surface area contributed by atoms with Gasteiger partial charge in [0, 0.05) is 41.6 Å². The SMILES string of the molecule is O=C(CNC(=O)c1cccc([N+](=O)[O-])c1)NCc1cn(-c2ccccc2)nc1-c1ccc(F)cc1. The summed E-state index contributed by atoms with van der Waals surface area (Å²) in [5, 5.41) is 20.7. The summed E-state index contributed by atoms with van der Waals surface area (Å²) in [6.45, 7) is -0.203. The average molecular weight is 473 g/mol. The molecule has 2 N–H and O–H groups in total. The minimum absolute atomic E-state index is 0.0785. The Bertz CT molecular complexity index is 1370. The summed E-state index contributed by atoms with van der Waals surface area (Å²) < 4.78 is 15.1. The van der Waals surface area contributed by atoms with E-state index in [1.165, 1.54) is 30.3 Å². The molecule has 0 atom stereocenters. The van der Waals surface area contributed by atoms with E-state index in [1.807, 2.05) is 30.3 Å². The van der Waals surface area contributed by atoms with Crippen molar-refractivity contribution in [2.75, 3.05) is 6.54 Å². The van der Waals surface area contributed by atoms with Gasteiger partial charge in [-0.2, -0.15) is 5.10 Å². The first-order valence-electron chi connectivity index (χ1n) is 10.6. The molecule has 0 fully saturated rings. The maximum atomic E-state index is 13.4. The molecule has 0 saturated heterocycles. The second-order valence-corrected chi connectivity index (χ2v) is 7.56. The van der Waals surface area contributed by atoms with E-state index in [1.54, 1.807) is 23.0 Å². The first-order chi connectivity index (χ1) is 16.9. The van der Waals surface area contributed by atoms with Crippen molar-refractivity contribution >= 4 is 17.5 Å². The van der Waals surface area contributed by atoms with Crippen LogP contribution in [0.4, 0.5) is 10.1 Å². The van der Waals surface area contributed by atoms with Gasteiger partial charge in [0.2, 0.25) is 5.91 Å². The number of amides is 2. The first-order valence-corrected chi connectivity index (χ1v) is 10.6. The quantitative estimate of drug-likeness (QED) is 0.299. The number of nitrogens with one attached hydrogen (secondary N) is 2. The zero-order valence-electron chi connectivity index (χ0n) is 18.3. The van der Waals surface area contributed by atoms with Crippen molar-refractivity contribution in [3.63, 3.8) is 0 Å². The minimum Gasteiger partial charge on any atom is -0.350 e. The van der Waals surface area contributed by atoms with Gasteiger partial charge < -0.3 is 10.6 Å². The number of aromatic nitrogens is 2. The molecule has 0 aliphatic heterocycles. The molecule has 1 heterocycles. The van der Waals surface area contributed by atoms with Crippen molar-refractivity contribution < 1.29 is 18.9 Å². The topological polar surface area (TPSA) is 119 Å². The van der Waals surface area contributed by atoms with E-state index < -0.39 is 16.7 Å². The number of para-hydroxylation sites is 1. The fraction of sp³-hybridized carbons (Fsp3) is 0.0800. The van der Waals surface area contributed by atoms with Crippen molar-refractivity contribution in [2.45, 2.75) is 6.54 Å². The summed E-state index contributed by atoms with van der Waals surface area (Å²) >= 11 is 0. The second kappa shape index (κ2) is 10.4. The van der Waals surface area contributed by atoms with Crippen LogP contribution in [0.5, 0.6) is 0 Å². The van der Waals surface area contributed by atoms with Crippen molar-refractivity contribution in [3.05, 3.63) is 112 Å². The van der Waals surface area contributed by atoms with Gasteiger partial charge in [-0.1, -0.05) is 24.3 Å². The third-order valence-corrected chi connectivity index (χ3v) is 5.13. The maximum absolute atomic E-state index is 13.4. The summed E-state index contributed by atoms with van der Waals surface area (Å²) in [4.78, 5) is 34.9. The standard InChI is InChI=1S/C25H20FN5O4/c26-20-11-9-17(10-12-20)24-19(16-30(29-24)21-6-2-1-3-7-21)14-27-23(32)15-28-25(33)18-5-4-8-22(13-18)31(34)35/h1-13,16H,14-15H2,(H,27,32)(H,28,33). The van der Waals surface area contributed by atoms with Crippen LogP contribution in [-0.2, 0) is 11.3 Å². The van der Waals surface area contributed by atoms with Crippen LogP contribution in [0.1, 0.15) is 15.9 Å². The molecule has 0 unspecified atom stereocenters. The van der Waals surface area contributed by atoms with E-state index in [0.717, 1.165) is 11.8 Å². The lowest BCUT2D eigenvalue weighted by atomic mass is 10.1. The molecule has 0 radical (unpaired) electrons. The van der Waals surface area contributed by atoms with Crippen LogP contribution in [0.15, 0.2) is 85.1 Å². The highest BCUT2D eigenvalue weighted by molar-refractivity contribution is 5.96. The summed E-state index contributed by atoms with van der Waals surface area (Å²) in [7, 11) is 0. The third-order valence-electron chi connectivity index (χ3n) is 5.13. The summed E-state index contributed by atoms with van der Waals surface area (Å²) in [6.07, 6.45) is 1.77. The van der Waals surface area contributed by atoms with E-state index in [4.69, 9.17) is 0 Å². The van der Waals surface area contributed by atoms with Gasteiger partial charge in [0.25, 0.3) is 11.6 Å². The second-order valence-electron chi connectivity index (χ2n) is 7.56. The van der Waals surface area contributed by atoms with Crippen LogP contribution in [0.2, 0.25) is 0 Å². The smallest absolute Gasteiger partial charge is 0.270 e. The fourth-order valence-electron chi connectivity index (χ4n) is 3.38. The van der Waals surface area contributed by atoms with Crippen LogP contribution < -0.4 is 10.6 Å². The lowest BCUT2D eigenvalue weighted by Gasteiger charge is -2.07. The molecule has 1 aromatic heterocycles. The number of nitro benzene ring substituents is 1. The number of halogens is 1. The van der Waals surface area contributed by atoms with Gasteiger partial charge in [-0.05, 0) is 42.5 Å². The molecule has 0 saturated carbocycles. The monoisotopic (exact) mass is 473 g/mol. The minimum atomic E-state index is -0.604. The Labute approximate surface area is 199 Å². The Hall–Kier alpha value is -4.86. The molecule has 2 amide bonds. The van der Waals surface area contributed by atoms with Crippen molar-refractivity contribution in [3.8, 4) is 16.9 Å². The molecule has 3 aromatic carbocycles. The van der Waals surface area contributed by atoms with E-state index in [9.17, 15) is 24.1 Å². The van der Waals surface area contributed by atoms with Gasteiger partial charge in [-0.15, -0.1) is 0 Å². The van der Waals surface area contributed by atoms with E-state index >= 15 is 0 Å². The Morgan fingerprint density at radius 2 is 1.71 bits per heavy atom. The number of hydrogen-bond donors (Lipinski definition) is 2. The van der Waals surface area contributed by atoms with Gasteiger partial charge in [0.15, 0.2) is 0 Å². The maximum Gasteiger partial charge on any atom is 0.270 e. The van der Waals surface area contributed by atoms with Gasteiger partial charge in [0.1, 0.15) is 5.82 Å². The molecule has 0 bridgehead atoms. The molecule has 35 heavy (non-hydrogen) atoms. The number of hydrogen-bond acceptors (Lipinski definition) is 5. The van der Waals surface area contributed by atoms with Crippen LogP contribution in [0, 0.1) is 15.9 Å². The Balaban J connectivity index is 1.44. The number of carbonyl (C=O) groups is 2. The van der Waals surface area contributed by atoms with Crippen molar-refractivity contribution in [2.24, 2.45) is 0 Å². The summed E-state index contributed by atoms with van der Waals surface area (Å²) in [5.41, 5.74) is 2.64. The van der Waals surface area contributed by atoms with E-state index in [0.29, 0.717) is 16.8 Å². The van der Waals surface area contributed by atoms with Crippen LogP contribution in [-0.4, -0.2) is 33.1 Å². The molecule has 176 valence electrons. The Morgan fingerprint density at radius 1 is 0.971 bits per heavy atom. The van der Waals surface area contributed by atoms with E-state index in [2.05, 4.69) is 15.7 Å². The number of carbonyl (C=O) groups excluding carboxylic acids is 2. The predicted molar refractivity (Wildman–Crippen MR) is 126 cm³/mol. The normalized spacial score (nSPS) is 10.5. The fourth-order valence-corrected chi connectivity index (χ4v) is 3.38. The van der Waals surface area contributed by atoms with E-state index in [-0.39, 0.29) is 30.2 Å². The van der Waals surface area contributed by atoms with Crippen LogP contribution >= 0.6 is 0 Å². The predicted octanol–water partition coefficient (Wildman–Crippen LogP) is 3.63. The number of benzene rings is 3. The number of nitrogens with zero attached hydrogens (tertiary/aromatic N) is 3. The molecule has 0 spiro atoms. The molecular formula is C25H20FN5O4. The molecule has 4 rings (SSSR count). The summed E-state index contributed by atoms with van der Waals surface area (Å²) in [6, 6.07) is 20.5. The average Bonchev–Trinajstić information content (AvgIpc) is 3.31. The van der Waals surface area contributed by atoms with Gasteiger partial charge in [-0.3, -0.25) is 19.7 Å². The highest BCUT2D eigenvalue weighted by Gasteiger charge is 2.15. The lowest BCUT2D eigenvalue weighted by molar-refractivity contribution is -0.384. The third kappa shape index (κ3) is 5.74. The Morgan fingerprint density at radius 3 is 2.43 bits per heavy atom. The van der Waals surface area contributed by atoms with Crippen LogP contribution in [0.25, 0.3) is 16.9 Å². The zero-order valence-corrected chi connectivity index (χ0v) is 18.3. The van der Waals surface area contributed by atoms with Crippen molar-refractivity contribution in [1.82, 2.24) is 20.4 Å². The molecule has 4 aromatic rings. The zero-order chi connectivity index (χ0) is 24.8. The number of nitro groups is 1. The molecule has 10 heteroatoms. The molecular weight excluding hydrogens is 453 g/mol. The molecule has 9 nitrogen and oxygen atoms in total. The van der Waals surface area contributed by atoms with Gasteiger partial charge in [0.05, 0.1) is 22.8 Å². The highest BCUT2D eigenvalue weighted by Crippen LogP contribution is 2.24. The van der Waals surface area contributed by atoms with Gasteiger partial charge >= 0.3 is 0 Å². The van der Waals surface area contributed by atoms with Gasteiger partial charge in [-0.25, -0.2) is 9.07 Å². The number of rotatable bonds is 8. The largest absolute Gasteiger partial charge is 0.350 e. The number of non-ortho nitro benzene ring substituents is 1. The van der Waals surface area contributed by atoms with Crippen LogP contribution in [0.3, 0.4) is 0 Å². The first kappa shape index (κ1) is 23.3. The Kier molecular flexibility index (Phi) is 6.91. The summed E-state index contributed by atoms with van der Waals surface area (Å²) in [5.74, 6) is -1.43. The molecule has 0 aliphatic carbocycles. The lowest BCUT2D eigenvalue weighted by Crippen LogP contribution is -2.36. The molecule has 0 aliphatic rings. The van der Waals surface area contributed by atoms with Crippen molar-refractivity contribution in [1.29, 1.82) is 0 Å².